The summed E-state index contributed by atoms with van der Waals surface area (Å²) in [5.74, 6) is 0.473. The van der Waals surface area contributed by atoms with Crippen molar-refractivity contribution in [3.05, 3.63) is 234 Å². The van der Waals surface area contributed by atoms with Gasteiger partial charge in [-0.3, -0.25) is 0 Å². The molecule has 64 heavy (non-hydrogen) atoms. The lowest BCUT2D eigenvalue weighted by Gasteiger charge is -2.26. The topological polar surface area (TPSA) is 51.5 Å². The summed E-state index contributed by atoms with van der Waals surface area (Å²) in [4.78, 5) is 5.21. The quantitative estimate of drug-likeness (QED) is 0.129. The molecule has 0 aliphatic heterocycles. The molecule has 0 unspecified atom stereocenters. The minimum absolute atomic E-state index is 0.190. The van der Waals surface area contributed by atoms with Crippen molar-refractivity contribution in [1.82, 2.24) is 0 Å². The van der Waals surface area contributed by atoms with Crippen LogP contribution in [-0.2, 0) is 11.8 Å². The summed E-state index contributed by atoms with van der Waals surface area (Å²) in [6, 6.07) is 71.7. The number of furan rings is 1. The number of hydrogen-bond acceptors (Lipinski definition) is 2. The maximum atomic E-state index is 6.83. The number of benzene rings is 10. The summed E-state index contributed by atoms with van der Waals surface area (Å²) in [6.07, 6.45) is 2.87. The molecule has 304 valence electrons. The van der Waals surface area contributed by atoms with Gasteiger partial charge in [-0.05, 0) is 101 Å². The predicted octanol–water partition coefficient (Wildman–Crippen LogP) is 15.7. The number of nitrogens with zero attached hydrogens (tertiary/aromatic N) is 1. The molecule has 10 aromatic carbocycles. The van der Waals surface area contributed by atoms with Crippen LogP contribution in [0.1, 0.15) is 41.7 Å². The van der Waals surface area contributed by atoms with Gasteiger partial charge < -0.3 is 10.2 Å². The van der Waals surface area contributed by atoms with Crippen LogP contribution in [0.15, 0.2) is 216 Å². The predicted molar refractivity (Wildman–Crippen MR) is 270 cm³/mol. The van der Waals surface area contributed by atoms with Gasteiger partial charge in [0.1, 0.15) is 17.0 Å². The molecule has 1 aromatic heterocycles. The van der Waals surface area contributed by atoms with E-state index in [4.69, 9.17) is 15.1 Å². The van der Waals surface area contributed by atoms with E-state index in [0.717, 1.165) is 49.5 Å². The van der Waals surface area contributed by atoms with E-state index in [1.54, 1.807) is 0 Å². The van der Waals surface area contributed by atoms with E-state index in [1.165, 1.54) is 71.6 Å². The normalized spacial score (nSPS) is 13.6. The van der Waals surface area contributed by atoms with Crippen molar-refractivity contribution in [3.8, 4) is 33.4 Å². The second kappa shape index (κ2) is 14.8. The number of nitrogens with two attached hydrogens (primary N) is 1. The molecule has 3 nitrogen and oxygen atoms in total. The first-order valence-corrected chi connectivity index (χ1v) is 22.1. The highest BCUT2D eigenvalue weighted by molar-refractivity contribution is 6.13. The van der Waals surface area contributed by atoms with E-state index in [0.29, 0.717) is 12.3 Å². The van der Waals surface area contributed by atoms with Crippen molar-refractivity contribution in [2.24, 2.45) is 10.7 Å². The Labute approximate surface area is 372 Å². The summed E-state index contributed by atoms with van der Waals surface area (Å²) in [5.41, 5.74) is 22.7. The molecule has 1 aliphatic carbocycles. The summed E-state index contributed by atoms with van der Waals surface area (Å²) in [6.45, 7) is 4.80. The Kier molecular flexibility index (Phi) is 8.74. The van der Waals surface area contributed by atoms with Crippen molar-refractivity contribution in [2.45, 2.75) is 25.7 Å². The molecule has 0 radical (unpaired) electrons. The zero-order valence-electron chi connectivity index (χ0n) is 35.8. The molecule has 0 saturated heterocycles. The lowest BCUT2D eigenvalue weighted by molar-refractivity contribution is 0.668. The molecule has 11 aromatic rings. The highest BCUT2D eigenvalue weighted by atomic mass is 16.3. The number of para-hydroxylation sites is 1. The van der Waals surface area contributed by atoms with E-state index in [2.05, 4.69) is 172 Å². The zero-order valence-corrected chi connectivity index (χ0v) is 35.8. The van der Waals surface area contributed by atoms with Gasteiger partial charge in [-0.25, -0.2) is 4.99 Å². The molecule has 0 saturated carbocycles. The number of rotatable bonds is 7. The van der Waals surface area contributed by atoms with Gasteiger partial charge in [-0.1, -0.05) is 208 Å². The Morgan fingerprint density at radius 1 is 0.469 bits per heavy atom. The van der Waals surface area contributed by atoms with Gasteiger partial charge in [0.05, 0.1) is 5.70 Å². The lowest BCUT2D eigenvalue weighted by Crippen LogP contribution is -2.17. The van der Waals surface area contributed by atoms with E-state index >= 15 is 0 Å². The Morgan fingerprint density at radius 3 is 1.75 bits per heavy atom. The van der Waals surface area contributed by atoms with E-state index in [1.807, 2.05) is 48.5 Å². The molecular weight excluding hydrogens is 777 g/mol. The van der Waals surface area contributed by atoms with E-state index in [9.17, 15) is 0 Å². The summed E-state index contributed by atoms with van der Waals surface area (Å²) < 4.78 is 6.27. The maximum Gasteiger partial charge on any atom is 0.135 e. The Bertz CT molecular complexity index is 3740. The van der Waals surface area contributed by atoms with Crippen LogP contribution in [0.5, 0.6) is 0 Å². The second-order valence-corrected chi connectivity index (χ2v) is 17.5. The van der Waals surface area contributed by atoms with E-state index in [-0.39, 0.29) is 5.41 Å². The van der Waals surface area contributed by atoms with Crippen LogP contribution in [0.4, 0.5) is 0 Å². The first-order valence-electron chi connectivity index (χ1n) is 22.1. The molecular formula is C61H44N2O. The monoisotopic (exact) mass is 820 g/mol. The maximum absolute atomic E-state index is 6.83. The number of fused-ring (bicyclic) bond motifs is 10. The van der Waals surface area contributed by atoms with Crippen LogP contribution < -0.4 is 5.73 Å². The SMILES string of the molecule is CC1(C)c2c(cccc2-c2ccc(-c3ccc(/C(=C/Cc4cccc5oc6ccccc6c45)N=C(N)c4ccccc4)c4ccccc34)c3ccccc23)-c2ccc3ccccc3c21. The molecule has 0 atom stereocenters. The van der Waals surface area contributed by atoms with Crippen LogP contribution in [0.25, 0.3) is 93.3 Å². The number of amidine groups is 1. The Hall–Kier alpha value is -8.01. The van der Waals surface area contributed by atoms with Crippen molar-refractivity contribution in [1.29, 1.82) is 0 Å². The van der Waals surface area contributed by atoms with Gasteiger partial charge in [0.2, 0.25) is 0 Å². The van der Waals surface area contributed by atoms with Crippen molar-refractivity contribution < 1.29 is 4.42 Å². The molecule has 0 fully saturated rings. The molecule has 0 spiro atoms. The van der Waals surface area contributed by atoms with Gasteiger partial charge in [-0.2, -0.15) is 0 Å². The van der Waals surface area contributed by atoms with Crippen LogP contribution in [0.3, 0.4) is 0 Å². The van der Waals surface area contributed by atoms with Gasteiger partial charge in [0.15, 0.2) is 0 Å². The molecule has 12 rings (SSSR count). The van der Waals surface area contributed by atoms with Crippen LogP contribution in [0.2, 0.25) is 0 Å². The van der Waals surface area contributed by atoms with Crippen molar-refractivity contribution >= 4 is 65.8 Å². The largest absolute Gasteiger partial charge is 0.456 e. The van der Waals surface area contributed by atoms with Gasteiger partial charge in [0, 0.05) is 27.3 Å². The van der Waals surface area contributed by atoms with Gasteiger partial charge in [0.25, 0.3) is 0 Å². The Morgan fingerprint density at radius 2 is 1.00 bits per heavy atom. The highest BCUT2D eigenvalue weighted by Gasteiger charge is 2.39. The summed E-state index contributed by atoms with van der Waals surface area (Å²) in [7, 11) is 0. The minimum Gasteiger partial charge on any atom is -0.456 e. The fourth-order valence-electron chi connectivity index (χ4n) is 10.7. The fourth-order valence-corrected chi connectivity index (χ4v) is 10.7. The number of allylic oxidation sites excluding steroid dienone is 1. The summed E-state index contributed by atoms with van der Waals surface area (Å²) in [5, 5.41) is 9.59. The van der Waals surface area contributed by atoms with Crippen molar-refractivity contribution in [3.63, 3.8) is 0 Å². The van der Waals surface area contributed by atoms with Gasteiger partial charge >= 0.3 is 0 Å². The zero-order chi connectivity index (χ0) is 42.9. The first kappa shape index (κ1) is 37.7. The number of aliphatic imine (C=N–C) groups is 1. The molecule has 3 heteroatoms. The summed E-state index contributed by atoms with van der Waals surface area (Å²) >= 11 is 0. The average molecular weight is 821 g/mol. The smallest absolute Gasteiger partial charge is 0.135 e. The van der Waals surface area contributed by atoms with E-state index < -0.39 is 0 Å². The average Bonchev–Trinajstić information content (AvgIpc) is 3.85. The molecule has 1 heterocycles. The molecule has 0 amide bonds. The number of hydrogen-bond donors (Lipinski definition) is 1. The minimum atomic E-state index is -0.190. The third kappa shape index (κ3) is 5.92. The lowest BCUT2D eigenvalue weighted by atomic mass is 9.76. The van der Waals surface area contributed by atoms with Crippen LogP contribution >= 0.6 is 0 Å². The third-order valence-electron chi connectivity index (χ3n) is 13.6. The highest BCUT2D eigenvalue weighted by Crippen LogP contribution is 2.55. The molecule has 2 N–H and O–H groups in total. The third-order valence-corrected chi connectivity index (χ3v) is 13.6. The van der Waals surface area contributed by atoms with Crippen LogP contribution in [0, 0.1) is 0 Å². The molecule has 1 aliphatic rings. The standard InChI is InChI=1S/C61H44N2O/c1-61(2)58-41-20-7-6-16-38(41)30-32-52(58)51-27-15-26-50(59(51)61)48-34-33-46(42-21-8-9-22-43(42)48)47-35-36-49(45-24-11-10-23-44(45)47)54(63-60(62)40-17-4-3-5-18-40)37-31-39-19-14-29-56-57(39)53-25-12-13-28-55(53)64-56/h3-30,32-37H,31H2,1-2H3,(H2,62,63)/b54-37-. The van der Waals surface area contributed by atoms with Crippen molar-refractivity contribution in [2.75, 3.05) is 0 Å². The second-order valence-electron chi connectivity index (χ2n) is 17.5. The van der Waals surface area contributed by atoms with Gasteiger partial charge in [-0.15, -0.1) is 0 Å². The molecule has 0 bridgehead atoms. The fraction of sp³-hybridized carbons (Fsp3) is 0.0656. The first-order chi connectivity index (χ1) is 31.4. The van der Waals surface area contributed by atoms with Crippen LogP contribution in [-0.4, -0.2) is 5.84 Å². The Balaban J connectivity index is 1.01.